The molecule has 3 heterocycles. The van der Waals surface area contributed by atoms with Gasteiger partial charge in [0.15, 0.2) is 0 Å². The number of aromatic nitrogens is 1. The maximum atomic E-state index is 11.3. The van der Waals surface area contributed by atoms with Crippen LogP contribution in [0.1, 0.15) is 35.5 Å². The van der Waals surface area contributed by atoms with Gasteiger partial charge >= 0.3 is 233 Å². The van der Waals surface area contributed by atoms with Gasteiger partial charge in [-0.05, 0) is 0 Å². The molecule has 13 heteroatoms. The van der Waals surface area contributed by atoms with Gasteiger partial charge in [0.2, 0.25) is 0 Å². The molecule has 2 aromatic heterocycles. The molecule has 0 aliphatic carbocycles. The molecular weight excluding hydrogens is 620 g/mol. The number of hydrogen-bond donors (Lipinski definition) is 0. The molecule has 0 radical (unpaired) electrons. The van der Waals surface area contributed by atoms with E-state index in [0.29, 0.717) is 6.54 Å². The molecular formula is C24H27N2O6S4Se-. The van der Waals surface area contributed by atoms with Crippen molar-refractivity contribution in [2.75, 3.05) is 23.0 Å². The van der Waals surface area contributed by atoms with Gasteiger partial charge in [0.05, 0.1) is 0 Å². The summed E-state index contributed by atoms with van der Waals surface area (Å²) in [6.45, 7) is 6.65. The van der Waals surface area contributed by atoms with Gasteiger partial charge < -0.3 is 0 Å². The summed E-state index contributed by atoms with van der Waals surface area (Å²) in [5.74, 6) is -0.876. The van der Waals surface area contributed by atoms with E-state index in [1.54, 1.807) is 11.8 Å². The van der Waals surface area contributed by atoms with E-state index in [0.717, 1.165) is 42.6 Å². The van der Waals surface area contributed by atoms with Gasteiger partial charge in [0, 0.05) is 0 Å². The fourth-order valence-electron chi connectivity index (χ4n) is 4.01. The van der Waals surface area contributed by atoms with Crippen molar-refractivity contribution in [3.05, 3.63) is 56.0 Å². The fourth-order valence-corrected chi connectivity index (χ4v) is 10.0. The number of thioether (sulfide) groups is 1. The zero-order valence-corrected chi connectivity index (χ0v) is 25.6. The van der Waals surface area contributed by atoms with Crippen LogP contribution in [-0.2, 0) is 26.8 Å². The number of rotatable bonds is 10. The molecule has 1 aliphatic heterocycles. The van der Waals surface area contributed by atoms with Gasteiger partial charge in [-0.25, -0.2) is 0 Å². The number of nitrogens with zero attached hydrogens (tertiary/aromatic N) is 2. The molecule has 37 heavy (non-hydrogen) atoms. The molecule has 0 spiro atoms. The van der Waals surface area contributed by atoms with Crippen molar-refractivity contribution in [3.8, 4) is 0 Å². The molecule has 200 valence electrons. The summed E-state index contributed by atoms with van der Waals surface area (Å²) in [6.07, 6.45) is 5.11. The molecule has 8 nitrogen and oxygen atoms in total. The molecule has 1 aromatic carbocycles. The zero-order chi connectivity index (χ0) is 27.0. The quantitative estimate of drug-likeness (QED) is 0.186. The topological polar surface area (TPSA) is 122 Å². The Hall–Kier alpha value is -1.44. The van der Waals surface area contributed by atoms with Gasteiger partial charge in [-0.3, -0.25) is 0 Å². The molecule has 4 rings (SSSR count). The third-order valence-electron chi connectivity index (χ3n) is 6.05. The van der Waals surface area contributed by atoms with Crippen molar-refractivity contribution in [1.82, 2.24) is 0 Å². The second-order valence-corrected chi connectivity index (χ2v) is 16.0. The minimum atomic E-state index is -4.34. The summed E-state index contributed by atoms with van der Waals surface area (Å²) < 4.78 is 71.7. The van der Waals surface area contributed by atoms with Crippen LogP contribution in [0.25, 0.3) is 15.2 Å². The van der Waals surface area contributed by atoms with Crippen molar-refractivity contribution < 1.29 is 30.5 Å². The molecule has 0 N–H and O–H groups in total. The number of thiophene rings is 1. The van der Waals surface area contributed by atoms with Gasteiger partial charge in [0.1, 0.15) is 0 Å². The first-order chi connectivity index (χ1) is 17.3. The molecule has 1 aliphatic rings. The molecule has 0 unspecified atom stereocenters. The van der Waals surface area contributed by atoms with E-state index < -0.39 is 31.7 Å². The third kappa shape index (κ3) is 7.15. The number of aryl methyl sites for hydroxylation is 3. The van der Waals surface area contributed by atoms with Gasteiger partial charge in [0.25, 0.3) is 0 Å². The Morgan fingerprint density at radius 3 is 2.49 bits per heavy atom. The van der Waals surface area contributed by atoms with Crippen LogP contribution in [0.4, 0.5) is 5.69 Å². The number of anilines is 1. The van der Waals surface area contributed by atoms with Crippen LogP contribution in [0.5, 0.6) is 0 Å². The molecule has 0 amide bonds. The molecule has 0 fully saturated rings. The van der Waals surface area contributed by atoms with Crippen molar-refractivity contribution in [3.63, 3.8) is 0 Å². The van der Waals surface area contributed by atoms with Crippen LogP contribution < -0.4 is 9.47 Å². The molecule has 0 atom stereocenters. The first kappa shape index (κ1) is 28.6. The Kier molecular flexibility index (Phi) is 8.76. The normalized spacial score (nSPS) is 15.8. The van der Waals surface area contributed by atoms with Gasteiger partial charge in [-0.1, -0.05) is 0 Å². The van der Waals surface area contributed by atoms with Crippen LogP contribution in [0.15, 0.2) is 45.2 Å². The summed E-state index contributed by atoms with van der Waals surface area (Å²) >= 11 is 3.14. The zero-order valence-electron chi connectivity index (χ0n) is 20.6. The molecule has 0 saturated carbocycles. The fraction of sp³-hybridized carbons (Fsp3) is 0.375. The average Bonchev–Trinajstić information content (AvgIpc) is 3.45. The van der Waals surface area contributed by atoms with Crippen molar-refractivity contribution >= 4 is 78.7 Å². The number of benzene rings is 1. The Labute approximate surface area is 231 Å². The van der Waals surface area contributed by atoms with Crippen LogP contribution >= 0.6 is 23.1 Å². The first-order valence-electron chi connectivity index (χ1n) is 11.6. The predicted octanol–water partition coefficient (Wildman–Crippen LogP) is 3.59. The van der Waals surface area contributed by atoms with E-state index in [1.807, 2.05) is 29.9 Å². The van der Waals surface area contributed by atoms with Gasteiger partial charge in [-0.15, -0.1) is 0 Å². The third-order valence-corrected chi connectivity index (χ3v) is 12.1. The molecule has 3 aromatic rings. The summed E-state index contributed by atoms with van der Waals surface area (Å²) in [6, 6.07) is 6.27. The first-order valence-corrected chi connectivity index (χ1v) is 18.2. The van der Waals surface area contributed by atoms with Crippen molar-refractivity contribution in [2.24, 2.45) is 0 Å². The monoisotopic (exact) mass is 647 g/mol. The average molecular weight is 647 g/mol. The van der Waals surface area contributed by atoms with Crippen LogP contribution in [-0.4, -0.2) is 58.5 Å². The Morgan fingerprint density at radius 1 is 1.11 bits per heavy atom. The van der Waals surface area contributed by atoms with E-state index in [-0.39, 0.29) is 27.5 Å². The van der Waals surface area contributed by atoms with E-state index in [4.69, 9.17) is 0 Å². The van der Waals surface area contributed by atoms with Crippen molar-refractivity contribution in [2.45, 2.75) is 45.1 Å². The van der Waals surface area contributed by atoms with E-state index in [9.17, 15) is 25.9 Å². The second-order valence-electron chi connectivity index (χ2n) is 8.77. The van der Waals surface area contributed by atoms with Crippen LogP contribution in [0.2, 0.25) is 0 Å². The van der Waals surface area contributed by atoms with Crippen LogP contribution in [0.3, 0.4) is 0 Å². The maximum absolute atomic E-state index is 11.3. The van der Waals surface area contributed by atoms with Crippen molar-refractivity contribution in [1.29, 1.82) is 0 Å². The second kappa shape index (κ2) is 11.4. The predicted molar refractivity (Wildman–Crippen MR) is 148 cm³/mol. The molecule has 0 bridgehead atoms. The van der Waals surface area contributed by atoms with Crippen LogP contribution in [0, 0.1) is 13.8 Å². The number of hydrogen-bond acceptors (Lipinski definition) is 9. The number of fused-ring (bicyclic) bond motifs is 2. The summed E-state index contributed by atoms with van der Waals surface area (Å²) in [5, 5.41) is 2.93. The Balaban J connectivity index is 1.71. The van der Waals surface area contributed by atoms with E-state index in [2.05, 4.69) is 36.1 Å². The summed E-state index contributed by atoms with van der Waals surface area (Å²) in [7, 11) is -8.64. The SMILES string of the molecule is CCC(=Cc1[se]c2ccsc2[n+]1CCS(=O)(=O)[O-])C=C1Sc2cc(C)c(C)cc2N1CCCS(=O)(=O)[O-]. The number of allylic oxidation sites excluding steroid dienone is 2. The molecule has 0 saturated heterocycles. The summed E-state index contributed by atoms with van der Waals surface area (Å²) in [5.41, 5.74) is 4.33. The Morgan fingerprint density at radius 2 is 1.81 bits per heavy atom. The minimum absolute atomic E-state index is 0.0108. The van der Waals surface area contributed by atoms with Gasteiger partial charge in [-0.2, -0.15) is 0 Å². The van der Waals surface area contributed by atoms with E-state index >= 15 is 0 Å². The standard InChI is InChI=1S/C24H28N2O6S4Se/c1-4-18(15-23-26(8-11-36(30,31)32)24-21(37-23)6-9-33-24)14-22-25(7-5-10-35(27,28)29)19-12-16(2)17(3)13-20(19)34-22/h6,9,12-15H,4-5,7-8,10-11H2,1-3H3,(H-,27,28,29,30,31,32)/p-1. The Bertz CT molecular complexity index is 1600. The summed E-state index contributed by atoms with van der Waals surface area (Å²) in [4.78, 5) is 4.15. The van der Waals surface area contributed by atoms with E-state index in [1.165, 1.54) is 21.2 Å².